The lowest BCUT2D eigenvalue weighted by atomic mass is 10.1. The zero-order chi connectivity index (χ0) is 33.1. The van der Waals surface area contributed by atoms with Crippen LogP contribution in [0, 0.1) is 0 Å². The minimum absolute atomic E-state index is 0.0714. The lowest BCUT2D eigenvalue weighted by Gasteiger charge is -2.35. The van der Waals surface area contributed by atoms with Gasteiger partial charge in [0.15, 0.2) is 11.5 Å². The monoisotopic (exact) mass is 642 g/mol. The Balaban J connectivity index is 1.25. The van der Waals surface area contributed by atoms with Crippen LogP contribution in [0.5, 0.6) is 23.0 Å². The maximum Gasteiger partial charge on any atom is 0.254 e. The van der Waals surface area contributed by atoms with E-state index in [1.165, 1.54) is 0 Å². The predicted molar refractivity (Wildman–Crippen MR) is 184 cm³/mol. The molecule has 0 atom stereocenters. The molecule has 0 radical (unpaired) electrons. The van der Waals surface area contributed by atoms with Crippen molar-refractivity contribution in [2.45, 2.75) is 19.8 Å². The number of hydrogen-bond donors (Lipinski definition) is 0. The molecule has 0 aromatic heterocycles. The number of ether oxygens (including phenoxy) is 4. The molecule has 2 amide bonds. The summed E-state index contributed by atoms with van der Waals surface area (Å²) < 4.78 is 24.3. The molecule has 0 unspecified atom stereocenters. The highest BCUT2D eigenvalue weighted by atomic mass is 16.5. The van der Waals surface area contributed by atoms with E-state index in [1.807, 2.05) is 91.0 Å². The van der Waals surface area contributed by atoms with Crippen LogP contribution in [0.2, 0.25) is 0 Å². The molecule has 5 aromatic carbocycles. The number of piperazine rings is 1. The fourth-order valence-corrected chi connectivity index (χ4v) is 5.47. The summed E-state index contributed by atoms with van der Waals surface area (Å²) in [4.78, 5) is 30.7. The molecule has 0 N–H and O–H groups in total. The van der Waals surface area contributed by atoms with Crippen molar-refractivity contribution < 1.29 is 28.5 Å². The standard InChI is InChI=1S/C40H38N2O6/c1-45-35-19-17-33(18-20-35)39(43)41-21-23-42(24-22-41)40(44)34-25-36(46-27-30-11-5-2-6-12-30)38(48-29-32-15-9-4-10-16-32)37(26-34)47-28-31-13-7-3-8-14-31/h2-20,25-26H,21-24,27-29H2,1H3. The van der Waals surface area contributed by atoms with E-state index in [0.29, 0.717) is 66.9 Å². The molecule has 6 rings (SSSR count). The summed E-state index contributed by atoms with van der Waals surface area (Å²) in [6, 6.07) is 40.1. The number of carbonyl (C=O) groups is 2. The Hall–Kier alpha value is -5.76. The highest BCUT2D eigenvalue weighted by Crippen LogP contribution is 2.41. The van der Waals surface area contributed by atoms with E-state index in [4.69, 9.17) is 18.9 Å². The van der Waals surface area contributed by atoms with Crippen molar-refractivity contribution in [1.82, 2.24) is 9.80 Å². The highest BCUT2D eigenvalue weighted by molar-refractivity contribution is 5.97. The van der Waals surface area contributed by atoms with Gasteiger partial charge < -0.3 is 28.7 Å². The van der Waals surface area contributed by atoms with Crippen LogP contribution in [0.25, 0.3) is 0 Å². The molecular formula is C40H38N2O6. The Labute approximate surface area is 281 Å². The van der Waals surface area contributed by atoms with Crippen LogP contribution >= 0.6 is 0 Å². The molecule has 1 saturated heterocycles. The number of rotatable bonds is 12. The lowest BCUT2D eigenvalue weighted by molar-refractivity contribution is 0.0535. The third-order valence-electron chi connectivity index (χ3n) is 8.16. The fraction of sp³-hybridized carbons (Fsp3) is 0.200. The van der Waals surface area contributed by atoms with Gasteiger partial charge in [0.1, 0.15) is 25.6 Å². The lowest BCUT2D eigenvalue weighted by Crippen LogP contribution is -2.50. The molecule has 244 valence electrons. The van der Waals surface area contributed by atoms with Gasteiger partial charge >= 0.3 is 0 Å². The quantitative estimate of drug-likeness (QED) is 0.146. The first-order valence-electron chi connectivity index (χ1n) is 16.0. The van der Waals surface area contributed by atoms with Gasteiger partial charge in [0.05, 0.1) is 7.11 Å². The summed E-state index contributed by atoms with van der Waals surface area (Å²) >= 11 is 0. The van der Waals surface area contributed by atoms with E-state index < -0.39 is 0 Å². The third kappa shape index (κ3) is 8.14. The molecule has 1 aliphatic heterocycles. The van der Waals surface area contributed by atoms with Crippen LogP contribution in [-0.4, -0.2) is 54.9 Å². The fourth-order valence-electron chi connectivity index (χ4n) is 5.47. The molecule has 1 fully saturated rings. The molecule has 48 heavy (non-hydrogen) atoms. The molecule has 1 aliphatic rings. The minimum atomic E-state index is -0.171. The number of hydrogen-bond acceptors (Lipinski definition) is 6. The second-order valence-corrected chi connectivity index (χ2v) is 11.4. The van der Waals surface area contributed by atoms with Gasteiger partial charge in [0.25, 0.3) is 11.8 Å². The molecule has 5 aromatic rings. The topological polar surface area (TPSA) is 77.5 Å². The van der Waals surface area contributed by atoms with Gasteiger partial charge in [-0.05, 0) is 53.1 Å². The molecule has 0 aliphatic carbocycles. The van der Waals surface area contributed by atoms with Gasteiger partial charge in [-0.1, -0.05) is 91.0 Å². The van der Waals surface area contributed by atoms with Crippen molar-refractivity contribution in [3.63, 3.8) is 0 Å². The Morgan fingerprint density at radius 1 is 0.521 bits per heavy atom. The summed E-state index contributed by atoms with van der Waals surface area (Å²) in [6.45, 7) is 2.49. The number of methoxy groups -OCH3 is 1. The Morgan fingerprint density at radius 2 is 0.917 bits per heavy atom. The van der Waals surface area contributed by atoms with Crippen LogP contribution in [0.4, 0.5) is 0 Å². The van der Waals surface area contributed by atoms with Crippen molar-refractivity contribution in [1.29, 1.82) is 0 Å². The third-order valence-corrected chi connectivity index (χ3v) is 8.16. The maximum absolute atomic E-state index is 14.0. The summed E-state index contributed by atoms with van der Waals surface area (Å²) in [7, 11) is 1.59. The van der Waals surface area contributed by atoms with E-state index in [1.54, 1.807) is 53.3 Å². The van der Waals surface area contributed by atoms with Crippen LogP contribution in [-0.2, 0) is 19.8 Å². The van der Waals surface area contributed by atoms with Gasteiger partial charge in [-0.25, -0.2) is 0 Å². The van der Waals surface area contributed by atoms with E-state index >= 15 is 0 Å². The number of benzene rings is 5. The van der Waals surface area contributed by atoms with Crippen molar-refractivity contribution in [2.75, 3.05) is 33.3 Å². The molecular weight excluding hydrogens is 604 g/mol. The van der Waals surface area contributed by atoms with E-state index in [0.717, 1.165) is 16.7 Å². The summed E-state index contributed by atoms with van der Waals surface area (Å²) in [6.07, 6.45) is 0. The Kier molecular flexibility index (Phi) is 10.5. The SMILES string of the molecule is COc1ccc(C(=O)N2CCN(C(=O)c3cc(OCc4ccccc4)c(OCc4ccccc4)c(OCc4ccccc4)c3)CC2)cc1. The maximum atomic E-state index is 14.0. The number of amides is 2. The zero-order valence-electron chi connectivity index (χ0n) is 26.9. The molecule has 0 spiro atoms. The normalized spacial score (nSPS) is 12.7. The average molecular weight is 643 g/mol. The number of nitrogens with zero attached hydrogens (tertiary/aromatic N) is 2. The van der Waals surface area contributed by atoms with Crippen LogP contribution in [0.15, 0.2) is 127 Å². The first-order chi connectivity index (χ1) is 23.6. The summed E-state index contributed by atoms with van der Waals surface area (Å²) in [5.41, 5.74) is 3.95. The zero-order valence-corrected chi connectivity index (χ0v) is 26.9. The Morgan fingerprint density at radius 3 is 1.33 bits per heavy atom. The van der Waals surface area contributed by atoms with Crippen LogP contribution < -0.4 is 18.9 Å². The molecule has 8 nitrogen and oxygen atoms in total. The summed E-state index contributed by atoms with van der Waals surface area (Å²) in [5, 5.41) is 0. The predicted octanol–water partition coefficient (Wildman–Crippen LogP) is 7.03. The van der Waals surface area contributed by atoms with Gasteiger partial charge in [-0.3, -0.25) is 9.59 Å². The van der Waals surface area contributed by atoms with E-state index in [-0.39, 0.29) is 25.0 Å². The first kappa shape index (κ1) is 32.2. The van der Waals surface area contributed by atoms with Crippen molar-refractivity contribution in [3.8, 4) is 23.0 Å². The van der Waals surface area contributed by atoms with Crippen molar-refractivity contribution in [3.05, 3.63) is 155 Å². The second-order valence-electron chi connectivity index (χ2n) is 11.4. The average Bonchev–Trinajstić information content (AvgIpc) is 3.16. The minimum Gasteiger partial charge on any atom is -0.497 e. The van der Waals surface area contributed by atoms with Gasteiger partial charge in [-0.15, -0.1) is 0 Å². The highest BCUT2D eigenvalue weighted by Gasteiger charge is 2.28. The molecule has 1 heterocycles. The van der Waals surface area contributed by atoms with E-state index in [2.05, 4.69) is 0 Å². The first-order valence-corrected chi connectivity index (χ1v) is 16.0. The largest absolute Gasteiger partial charge is 0.497 e. The smallest absolute Gasteiger partial charge is 0.254 e. The van der Waals surface area contributed by atoms with Crippen molar-refractivity contribution >= 4 is 11.8 Å². The molecule has 0 bridgehead atoms. The Bertz CT molecular complexity index is 1720. The van der Waals surface area contributed by atoms with Crippen LogP contribution in [0.3, 0.4) is 0 Å². The number of carbonyl (C=O) groups excluding carboxylic acids is 2. The van der Waals surface area contributed by atoms with Crippen LogP contribution in [0.1, 0.15) is 37.4 Å². The van der Waals surface area contributed by atoms with E-state index in [9.17, 15) is 9.59 Å². The molecule has 0 saturated carbocycles. The van der Waals surface area contributed by atoms with Gasteiger partial charge in [0, 0.05) is 37.3 Å². The second kappa shape index (κ2) is 15.7. The summed E-state index contributed by atoms with van der Waals surface area (Å²) in [5.74, 6) is 1.71. The van der Waals surface area contributed by atoms with Gasteiger partial charge in [0.2, 0.25) is 5.75 Å². The van der Waals surface area contributed by atoms with Gasteiger partial charge in [-0.2, -0.15) is 0 Å². The van der Waals surface area contributed by atoms with Crippen molar-refractivity contribution in [2.24, 2.45) is 0 Å². The molecule has 8 heteroatoms.